The molecule has 0 atom stereocenters. The second-order valence-corrected chi connectivity index (χ2v) is 7.13. The number of ether oxygens (including phenoxy) is 2. The molecule has 2 aromatic rings. The van der Waals surface area contributed by atoms with E-state index in [-0.39, 0.29) is 22.0 Å². The van der Waals surface area contributed by atoms with Crippen molar-refractivity contribution in [3.63, 3.8) is 0 Å². The molecule has 162 valence electrons. The molecule has 1 fully saturated rings. The van der Waals surface area contributed by atoms with Crippen LogP contribution in [-0.4, -0.2) is 65.8 Å². The van der Waals surface area contributed by atoms with Crippen LogP contribution < -0.4 is 15.4 Å². The van der Waals surface area contributed by atoms with Crippen molar-refractivity contribution in [3.05, 3.63) is 41.0 Å². The third-order valence-electron chi connectivity index (χ3n) is 4.29. The molecule has 3 N–H and O–H groups in total. The molecule has 1 aliphatic heterocycles. The van der Waals surface area contributed by atoms with Crippen LogP contribution in [0.3, 0.4) is 0 Å². The van der Waals surface area contributed by atoms with E-state index in [9.17, 15) is 23.5 Å². The lowest BCUT2D eigenvalue weighted by Crippen LogP contribution is -2.42. The smallest absolute Gasteiger partial charge is 0.344 e. The summed E-state index contributed by atoms with van der Waals surface area (Å²) in [5.74, 6) is -3.01. The molecule has 30 heavy (non-hydrogen) atoms. The SMILES string of the molecule is O=C(NCCN1CCOCC1)Nc1snc(OCc2cc(F)ccc2F)c1C(=O)O. The number of anilines is 1. The number of carboxylic acid groups (broad SMARTS) is 1. The minimum atomic E-state index is -1.37. The fourth-order valence-corrected chi connectivity index (χ4v) is 3.47. The van der Waals surface area contributed by atoms with Gasteiger partial charge >= 0.3 is 12.0 Å². The summed E-state index contributed by atoms with van der Waals surface area (Å²) in [4.78, 5) is 25.8. The van der Waals surface area contributed by atoms with Crippen molar-refractivity contribution < 1.29 is 33.0 Å². The van der Waals surface area contributed by atoms with Crippen LogP contribution in [0.4, 0.5) is 18.6 Å². The van der Waals surface area contributed by atoms with Crippen molar-refractivity contribution in [1.82, 2.24) is 14.6 Å². The van der Waals surface area contributed by atoms with Gasteiger partial charge in [-0.2, -0.15) is 4.37 Å². The normalized spacial score (nSPS) is 14.3. The molecular weight excluding hydrogens is 422 g/mol. The number of aromatic carboxylic acids is 1. The average molecular weight is 442 g/mol. The summed E-state index contributed by atoms with van der Waals surface area (Å²) >= 11 is 0.714. The molecular formula is C18H20F2N4O5S. The Morgan fingerprint density at radius 1 is 1.30 bits per heavy atom. The molecule has 1 aromatic heterocycles. The minimum Gasteiger partial charge on any atom is -0.477 e. The topological polar surface area (TPSA) is 113 Å². The number of benzene rings is 1. The molecule has 3 rings (SSSR count). The summed E-state index contributed by atoms with van der Waals surface area (Å²) in [6.45, 7) is 3.46. The van der Waals surface area contributed by atoms with Gasteiger partial charge in [-0.05, 0) is 29.7 Å². The number of carbonyl (C=O) groups excluding carboxylic acids is 1. The summed E-state index contributed by atoms with van der Waals surface area (Å²) in [7, 11) is 0. The maximum absolute atomic E-state index is 13.7. The predicted octanol–water partition coefficient (Wildman–Crippen LogP) is 2.15. The zero-order chi connectivity index (χ0) is 21.5. The Bertz CT molecular complexity index is 905. The van der Waals surface area contributed by atoms with Gasteiger partial charge in [0.05, 0.1) is 13.2 Å². The van der Waals surface area contributed by atoms with E-state index in [2.05, 4.69) is 19.9 Å². The highest BCUT2D eigenvalue weighted by Gasteiger charge is 2.24. The minimum absolute atomic E-state index is 0.0268. The number of morpholine rings is 1. The Labute approximate surface area is 174 Å². The number of halogens is 2. The van der Waals surface area contributed by atoms with Gasteiger partial charge in [0.25, 0.3) is 0 Å². The Morgan fingerprint density at radius 2 is 2.07 bits per heavy atom. The maximum Gasteiger partial charge on any atom is 0.344 e. The second-order valence-electron chi connectivity index (χ2n) is 6.36. The number of amides is 2. The fourth-order valence-electron chi connectivity index (χ4n) is 2.75. The Balaban J connectivity index is 1.57. The number of rotatable bonds is 8. The Kier molecular flexibility index (Phi) is 7.49. The number of carboxylic acids is 1. The van der Waals surface area contributed by atoms with Crippen molar-refractivity contribution >= 4 is 28.5 Å². The summed E-state index contributed by atoms with van der Waals surface area (Å²) in [6, 6.07) is 2.27. The van der Waals surface area contributed by atoms with Crippen LogP contribution in [-0.2, 0) is 11.3 Å². The lowest BCUT2D eigenvalue weighted by molar-refractivity contribution is 0.0388. The first-order valence-corrected chi connectivity index (χ1v) is 9.86. The van der Waals surface area contributed by atoms with E-state index >= 15 is 0 Å². The number of urea groups is 1. The molecule has 1 aromatic carbocycles. The molecule has 2 amide bonds. The van der Waals surface area contributed by atoms with Crippen LogP contribution >= 0.6 is 11.5 Å². The summed E-state index contributed by atoms with van der Waals surface area (Å²) in [5, 5.41) is 14.5. The van der Waals surface area contributed by atoms with E-state index in [1.54, 1.807) is 0 Å². The lowest BCUT2D eigenvalue weighted by Gasteiger charge is -2.26. The number of hydrogen-bond donors (Lipinski definition) is 3. The standard InChI is InChI=1S/C18H20F2N4O5S/c19-12-1-2-13(20)11(9-12)10-29-15-14(17(25)26)16(30-23-15)22-18(27)21-3-4-24-5-7-28-8-6-24/h1-2,9H,3-8,10H2,(H,25,26)(H2,21,22,27). The molecule has 12 heteroatoms. The van der Waals surface area contributed by atoms with E-state index < -0.39 is 30.2 Å². The fraction of sp³-hybridized carbons (Fsp3) is 0.389. The van der Waals surface area contributed by atoms with E-state index in [1.807, 2.05) is 0 Å². The van der Waals surface area contributed by atoms with Crippen molar-refractivity contribution in [2.24, 2.45) is 0 Å². The molecule has 1 aliphatic rings. The highest BCUT2D eigenvalue weighted by atomic mass is 32.1. The van der Waals surface area contributed by atoms with E-state index in [1.165, 1.54) is 0 Å². The number of nitrogens with one attached hydrogen (secondary N) is 2. The predicted molar refractivity (Wildman–Crippen MR) is 104 cm³/mol. The summed E-state index contributed by atoms with van der Waals surface area (Å²) < 4.78 is 41.3. The second kappa shape index (κ2) is 10.3. The van der Waals surface area contributed by atoms with Gasteiger partial charge in [0, 0.05) is 31.7 Å². The third-order valence-corrected chi connectivity index (χ3v) is 5.04. The number of carbonyl (C=O) groups is 2. The van der Waals surface area contributed by atoms with Gasteiger partial charge in [-0.3, -0.25) is 10.2 Å². The Hall–Kier alpha value is -2.83. The molecule has 0 unspecified atom stereocenters. The highest BCUT2D eigenvalue weighted by Crippen LogP contribution is 2.31. The maximum atomic E-state index is 13.7. The largest absolute Gasteiger partial charge is 0.477 e. The molecule has 2 heterocycles. The van der Waals surface area contributed by atoms with Crippen LogP contribution in [0, 0.1) is 11.6 Å². The zero-order valence-corrected chi connectivity index (χ0v) is 16.6. The van der Waals surface area contributed by atoms with Crippen LogP contribution in [0.2, 0.25) is 0 Å². The molecule has 0 saturated carbocycles. The first-order chi connectivity index (χ1) is 14.4. The van der Waals surface area contributed by atoms with E-state index in [0.29, 0.717) is 37.8 Å². The van der Waals surface area contributed by atoms with Gasteiger partial charge < -0.3 is 19.9 Å². The molecule has 0 radical (unpaired) electrons. The van der Waals surface area contributed by atoms with Crippen molar-refractivity contribution in [2.45, 2.75) is 6.61 Å². The molecule has 9 nitrogen and oxygen atoms in total. The summed E-state index contributed by atoms with van der Waals surface area (Å²) in [5.41, 5.74) is -0.449. The molecule has 1 saturated heterocycles. The van der Waals surface area contributed by atoms with E-state index in [4.69, 9.17) is 9.47 Å². The monoisotopic (exact) mass is 442 g/mol. The van der Waals surface area contributed by atoms with Gasteiger partial charge in [-0.25, -0.2) is 18.4 Å². The van der Waals surface area contributed by atoms with Gasteiger partial charge in [0.15, 0.2) is 5.56 Å². The number of nitrogens with zero attached hydrogens (tertiary/aromatic N) is 2. The first kappa shape index (κ1) is 21.9. The lowest BCUT2D eigenvalue weighted by atomic mass is 10.2. The van der Waals surface area contributed by atoms with Crippen molar-refractivity contribution in [2.75, 3.05) is 44.7 Å². The van der Waals surface area contributed by atoms with Gasteiger partial charge in [-0.15, -0.1) is 0 Å². The highest BCUT2D eigenvalue weighted by molar-refractivity contribution is 7.11. The molecule has 0 aliphatic carbocycles. The van der Waals surface area contributed by atoms with Crippen LogP contribution in [0.25, 0.3) is 0 Å². The third kappa shape index (κ3) is 5.84. The average Bonchev–Trinajstić information content (AvgIpc) is 3.12. The van der Waals surface area contributed by atoms with Crippen LogP contribution in [0.1, 0.15) is 15.9 Å². The van der Waals surface area contributed by atoms with Crippen LogP contribution in [0.15, 0.2) is 18.2 Å². The molecule has 0 bridgehead atoms. The Morgan fingerprint density at radius 3 is 2.80 bits per heavy atom. The first-order valence-electron chi connectivity index (χ1n) is 9.08. The zero-order valence-electron chi connectivity index (χ0n) is 15.8. The van der Waals surface area contributed by atoms with Crippen molar-refractivity contribution in [3.8, 4) is 5.88 Å². The number of hydrogen-bond acceptors (Lipinski definition) is 7. The van der Waals surface area contributed by atoms with Crippen molar-refractivity contribution in [1.29, 1.82) is 0 Å². The molecule has 0 spiro atoms. The van der Waals surface area contributed by atoms with Gasteiger partial charge in [-0.1, -0.05) is 0 Å². The summed E-state index contributed by atoms with van der Waals surface area (Å²) in [6.07, 6.45) is 0. The van der Waals surface area contributed by atoms with Crippen LogP contribution in [0.5, 0.6) is 5.88 Å². The van der Waals surface area contributed by atoms with E-state index in [0.717, 1.165) is 31.3 Å². The van der Waals surface area contributed by atoms with Gasteiger partial charge in [0.2, 0.25) is 5.88 Å². The number of aromatic nitrogens is 1. The van der Waals surface area contributed by atoms with Gasteiger partial charge in [0.1, 0.15) is 23.2 Å². The quantitative estimate of drug-likeness (QED) is 0.574.